The molecule has 2 rings (SSSR count). The third kappa shape index (κ3) is 17.9. The molecule has 2 aromatic carbocycles. The van der Waals surface area contributed by atoms with Crippen LogP contribution in [-0.4, -0.2) is 20.6 Å². The Labute approximate surface area is 304 Å². The molecular weight excluding hydrogens is 623 g/mol. The summed E-state index contributed by atoms with van der Waals surface area (Å²) in [5, 5.41) is 5.74. The van der Waals surface area contributed by atoms with Crippen LogP contribution < -0.4 is 5.32 Å². The van der Waals surface area contributed by atoms with E-state index >= 15 is 0 Å². The molecule has 0 atom stereocenters. The molecule has 0 heterocycles. The van der Waals surface area contributed by atoms with Crippen LogP contribution in [0.2, 0.25) is 0 Å². The molecule has 0 aliphatic carbocycles. The van der Waals surface area contributed by atoms with E-state index in [0.717, 1.165) is 55.0 Å². The van der Waals surface area contributed by atoms with Crippen LogP contribution in [0.15, 0.2) is 41.3 Å². The van der Waals surface area contributed by atoms with Crippen LogP contribution in [0.25, 0.3) is 10.8 Å². The number of hydrogen-bond acceptors (Lipinski definition) is 4. The van der Waals surface area contributed by atoms with Crippen LogP contribution in [0.3, 0.4) is 0 Å². The molecule has 0 aliphatic rings. The summed E-state index contributed by atoms with van der Waals surface area (Å²) in [6.45, 7) is 9.32. The van der Waals surface area contributed by atoms with Crippen molar-refractivity contribution in [1.29, 1.82) is 0 Å². The summed E-state index contributed by atoms with van der Waals surface area (Å²) in [7, 11) is -3.96. The van der Waals surface area contributed by atoms with Crippen molar-refractivity contribution in [3.05, 3.63) is 36.4 Å². The minimum atomic E-state index is -3.96. The second-order valence-electron chi connectivity index (χ2n) is 15.0. The summed E-state index contributed by atoms with van der Waals surface area (Å²) < 4.78 is 34.1. The van der Waals surface area contributed by atoms with Gasteiger partial charge in [0.05, 0.1) is 12.3 Å². The van der Waals surface area contributed by atoms with E-state index < -0.39 is 10.1 Å². The lowest BCUT2D eigenvalue weighted by molar-refractivity contribution is 0.306. The summed E-state index contributed by atoms with van der Waals surface area (Å²) in [6.07, 6.45) is 34.1. The monoisotopic (exact) mass is 700 g/mol. The van der Waals surface area contributed by atoms with Crippen molar-refractivity contribution < 1.29 is 12.6 Å². The molecule has 49 heavy (non-hydrogen) atoms. The van der Waals surface area contributed by atoms with E-state index in [1.54, 1.807) is 0 Å². The van der Waals surface area contributed by atoms with Gasteiger partial charge in [-0.05, 0) is 37.1 Å². The first kappa shape index (κ1) is 43.6. The fourth-order valence-corrected chi connectivity index (χ4v) is 8.78. The van der Waals surface area contributed by atoms with Crippen LogP contribution in [0.5, 0.6) is 0 Å². The van der Waals surface area contributed by atoms with Crippen LogP contribution >= 0.6 is 0 Å². The normalized spacial score (nSPS) is 12.2. The van der Waals surface area contributed by atoms with Crippen molar-refractivity contribution in [2.75, 3.05) is 11.9 Å². The van der Waals surface area contributed by atoms with Crippen LogP contribution in [0.4, 0.5) is 5.69 Å². The Bertz CT molecular complexity index is 1150. The summed E-state index contributed by atoms with van der Waals surface area (Å²) >= 11 is 0. The topological polar surface area (TPSA) is 55.4 Å². The first-order chi connectivity index (χ1) is 23.9. The molecule has 5 heteroatoms. The fraction of sp³-hybridized carbons (Fsp3) is 0.773. The highest BCUT2D eigenvalue weighted by Crippen LogP contribution is 2.38. The number of nitrogens with one attached hydrogen (secondary N) is 1. The van der Waals surface area contributed by atoms with E-state index in [9.17, 15) is 8.42 Å². The maximum atomic E-state index is 14.1. The summed E-state index contributed by atoms with van der Waals surface area (Å²) in [4.78, 5) is 0.340. The van der Waals surface area contributed by atoms with Gasteiger partial charge in [0.15, 0.2) is 0 Å². The largest absolute Gasteiger partial charge is 0.378 e. The van der Waals surface area contributed by atoms with Gasteiger partial charge in [0, 0.05) is 10.9 Å². The summed E-state index contributed by atoms with van der Waals surface area (Å²) in [6, 6.07) is 12.1. The maximum Gasteiger partial charge on any atom is 0.299 e. The van der Waals surface area contributed by atoms with Crippen molar-refractivity contribution in [2.45, 2.75) is 218 Å². The smallest absolute Gasteiger partial charge is 0.299 e. The molecule has 0 aliphatic heterocycles. The minimum Gasteiger partial charge on any atom is -0.378 e. The molecule has 0 unspecified atom stereocenters. The maximum absolute atomic E-state index is 14.1. The average molecular weight is 700 g/mol. The fourth-order valence-electron chi connectivity index (χ4n) is 7.48. The number of benzene rings is 2. The Morgan fingerprint density at radius 3 is 1.39 bits per heavy atom. The highest BCUT2D eigenvalue weighted by molar-refractivity contribution is 7.87. The Morgan fingerprint density at radius 2 is 0.918 bits per heavy atom. The number of unbranched alkanes of at least 4 members (excludes halogenated alkanes) is 21. The van der Waals surface area contributed by atoms with Gasteiger partial charge in [0.1, 0.15) is 4.90 Å². The van der Waals surface area contributed by atoms with Gasteiger partial charge in [-0.15, -0.1) is 0 Å². The van der Waals surface area contributed by atoms with Crippen LogP contribution in [0.1, 0.15) is 207 Å². The van der Waals surface area contributed by atoms with Gasteiger partial charge in [-0.2, -0.15) is 8.42 Å². The molecule has 0 saturated heterocycles. The minimum absolute atomic E-state index is 0.120. The van der Waals surface area contributed by atoms with Crippen LogP contribution in [0, 0.1) is 0 Å². The quantitative estimate of drug-likeness (QED) is 0.0595. The SMILES string of the molecule is CCCCCCCCCOS(=O)(=O)c1c(NC(CCCCCCCC)(CCCCCCCC)CCCCCCCC)ccc2ccccc12. The number of anilines is 1. The standard InChI is InChI=1S/C44H77NO3S/c1-5-9-13-17-21-25-31-39-48-49(46,47)43-41-33-27-26-32-40(41)34-35-42(43)45-44(36-28-22-18-14-10-6-2,37-29-23-19-15-11-7-3)38-30-24-20-16-12-8-4/h26-27,32-35,45H,5-25,28-31,36-39H2,1-4H3. The predicted octanol–water partition coefficient (Wildman–Crippen LogP) is 14.7. The van der Waals surface area contributed by atoms with E-state index in [4.69, 9.17) is 4.18 Å². The second kappa shape index (κ2) is 27.1. The Balaban J connectivity index is 2.37. The molecular formula is C44H77NO3S. The van der Waals surface area contributed by atoms with Crippen molar-refractivity contribution in [2.24, 2.45) is 0 Å². The average Bonchev–Trinajstić information content (AvgIpc) is 3.10. The zero-order valence-electron chi connectivity index (χ0n) is 32.6. The van der Waals surface area contributed by atoms with Gasteiger partial charge >= 0.3 is 0 Å². The first-order valence-corrected chi connectivity index (χ1v) is 22.5. The van der Waals surface area contributed by atoms with Crippen molar-refractivity contribution in [1.82, 2.24) is 0 Å². The third-order valence-corrected chi connectivity index (χ3v) is 12.0. The van der Waals surface area contributed by atoms with Crippen molar-refractivity contribution >= 4 is 26.6 Å². The predicted molar refractivity (Wildman–Crippen MR) is 215 cm³/mol. The first-order valence-electron chi connectivity index (χ1n) is 21.1. The molecule has 0 spiro atoms. The lowest BCUT2D eigenvalue weighted by Crippen LogP contribution is -2.39. The summed E-state index contributed by atoms with van der Waals surface area (Å²) in [5.74, 6) is 0. The second-order valence-corrected chi connectivity index (χ2v) is 16.6. The van der Waals surface area contributed by atoms with E-state index in [-0.39, 0.29) is 12.1 Å². The lowest BCUT2D eigenvalue weighted by atomic mass is 9.81. The molecule has 0 saturated carbocycles. The van der Waals surface area contributed by atoms with Crippen molar-refractivity contribution in [3.8, 4) is 0 Å². The van der Waals surface area contributed by atoms with E-state index in [1.165, 1.54) is 141 Å². The Morgan fingerprint density at radius 1 is 0.510 bits per heavy atom. The molecule has 0 amide bonds. The molecule has 1 N–H and O–H groups in total. The van der Waals surface area contributed by atoms with Gasteiger partial charge < -0.3 is 5.32 Å². The molecule has 0 aromatic heterocycles. The third-order valence-electron chi connectivity index (χ3n) is 10.5. The van der Waals surface area contributed by atoms with E-state index in [2.05, 4.69) is 39.1 Å². The number of fused-ring (bicyclic) bond motifs is 1. The highest BCUT2D eigenvalue weighted by atomic mass is 32.2. The molecule has 2 aromatic rings. The van der Waals surface area contributed by atoms with E-state index in [1.807, 2.05) is 30.3 Å². The molecule has 0 fully saturated rings. The van der Waals surface area contributed by atoms with Gasteiger partial charge in [0.2, 0.25) is 0 Å². The molecule has 282 valence electrons. The summed E-state index contributed by atoms with van der Waals surface area (Å²) in [5.41, 5.74) is 0.618. The number of hydrogen-bond donors (Lipinski definition) is 1. The number of rotatable bonds is 33. The van der Waals surface area contributed by atoms with Crippen LogP contribution in [-0.2, 0) is 14.3 Å². The van der Waals surface area contributed by atoms with Gasteiger partial charge in [0.25, 0.3) is 10.1 Å². The van der Waals surface area contributed by atoms with Gasteiger partial charge in [-0.3, -0.25) is 4.18 Å². The van der Waals surface area contributed by atoms with E-state index in [0.29, 0.717) is 4.90 Å². The van der Waals surface area contributed by atoms with Crippen molar-refractivity contribution in [3.63, 3.8) is 0 Å². The molecule has 4 nitrogen and oxygen atoms in total. The van der Waals surface area contributed by atoms with Gasteiger partial charge in [-0.25, -0.2) is 0 Å². The molecule has 0 radical (unpaired) electrons. The Hall–Kier alpha value is -1.59. The lowest BCUT2D eigenvalue weighted by Gasteiger charge is -2.38. The zero-order valence-corrected chi connectivity index (χ0v) is 33.4. The zero-order chi connectivity index (χ0) is 35.5. The highest BCUT2D eigenvalue weighted by Gasteiger charge is 2.32. The Kier molecular flexibility index (Phi) is 24.1. The van der Waals surface area contributed by atoms with Gasteiger partial charge in [-0.1, -0.05) is 212 Å². The molecule has 0 bridgehead atoms.